The second-order valence-corrected chi connectivity index (χ2v) is 9.61. The highest BCUT2D eigenvalue weighted by Crippen LogP contribution is 2.27. The van der Waals surface area contributed by atoms with E-state index in [1.807, 2.05) is 0 Å². The van der Waals surface area contributed by atoms with Crippen molar-refractivity contribution in [1.82, 2.24) is 4.31 Å². The normalized spacial score (nSPS) is 15.8. The lowest BCUT2D eigenvalue weighted by molar-refractivity contribution is -0.140. The minimum atomic E-state index is -3.77. The third kappa shape index (κ3) is 4.91. The number of carbonyl (C=O) groups excluding carboxylic acids is 2. The number of nitrogens with zero attached hydrogens (tertiary/aromatic N) is 1. The van der Waals surface area contributed by atoms with Crippen molar-refractivity contribution >= 4 is 37.7 Å². The van der Waals surface area contributed by atoms with Gasteiger partial charge in [0.05, 0.1) is 10.8 Å². The number of halogens is 2. The smallest absolute Gasteiger partial charge is 0.314 e. The lowest BCUT2D eigenvalue weighted by atomic mass is 9.98. The average molecular weight is 484 g/mol. The van der Waals surface area contributed by atoms with Gasteiger partial charge in [0.25, 0.3) is 0 Å². The number of sulfonamides is 1. The topological polar surface area (TPSA) is 80.8 Å². The van der Waals surface area contributed by atoms with Crippen LogP contribution < -0.4 is 4.74 Å². The molecule has 2 aromatic carbocycles. The molecule has 1 saturated heterocycles. The molecule has 6 nitrogen and oxygen atoms in total. The molecule has 0 saturated carbocycles. The van der Waals surface area contributed by atoms with Gasteiger partial charge in [0.1, 0.15) is 0 Å². The third-order valence-electron chi connectivity index (χ3n) is 4.77. The Kier molecular flexibility index (Phi) is 6.50. The summed E-state index contributed by atoms with van der Waals surface area (Å²) in [5.74, 6) is -2.13. The molecule has 0 atom stereocenters. The quantitative estimate of drug-likeness (QED) is 0.367. The third-order valence-corrected chi connectivity index (χ3v) is 7.16. The second kappa shape index (κ2) is 8.73. The summed E-state index contributed by atoms with van der Waals surface area (Å²) in [6, 6.07) is 10.0. The van der Waals surface area contributed by atoms with Gasteiger partial charge in [-0.25, -0.2) is 12.8 Å². The summed E-state index contributed by atoms with van der Waals surface area (Å²) < 4.78 is 46.5. The van der Waals surface area contributed by atoms with Crippen molar-refractivity contribution < 1.29 is 27.1 Å². The highest BCUT2D eigenvalue weighted by atomic mass is 79.9. The summed E-state index contributed by atoms with van der Waals surface area (Å²) in [4.78, 5) is 23.9. The van der Waals surface area contributed by atoms with Crippen LogP contribution in [0.3, 0.4) is 0 Å². The number of esters is 1. The van der Waals surface area contributed by atoms with Gasteiger partial charge in [-0.2, -0.15) is 4.31 Å². The molecule has 0 unspecified atom stereocenters. The Morgan fingerprint density at radius 3 is 2.45 bits per heavy atom. The van der Waals surface area contributed by atoms with E-state index in [9.17, 15) is 22.4 Å². The molecule has 0 spiro atoms. The first kappa shape index (κ1) is 21.6. The van der Waals surface area contributed by atoms with Crippen molar-refractivity contribution in [3.63, 3.8) is 0 Å². The van der Waals surface area contributed by atoms with Crippen molar-refractivity contribution in [2.75, 3.05) is 13.1 Å². The van der Waals surface area contributed by atoms with E-state index in [2.05, 4.69) is 15.9 Å². The Bertz CT molecular complexity index is 1050. The van der Waals surface area contributed by atoms with Crippen LogP contribution in [-0.2, 0) is 14.8 Å². The predicted molar refractivity (Wildman–Crippen MR) is 108 cm³/mol. The maximum Gasteiger partial charge on any atom is 0.314 e. The summed E-state index contributed by atoms with van der Waals surface area (Å²) >= 11 is 3.13. The van der Waals surface area contributed by atoms with Crippen molar-refractivity contribution in [3.8, 4) is 5.75 Å². The van der Waals surface area contributed by atoms with Gasteiger partial charge in [0, 0.05) is 23.1 Å². The van der Waals surface area contributed by atoms with Crippen LogP contribution in [0.2, 0.25) is 0 Å². The molecule has 2 aromatic rings. The van der Waals surface area contributed by atoms with Gasteiger partial charge in [-0.1, -0.05) is 28.1 Å². The lowest BCUT2D eigenvalue weighted by Crippen LogP contribution is -2.41. The first-order valence-corrected chi connectivity index (χ1v) is 11.2. The number of ether oxygens (including phenoxy) is 1. The van der Waals surface area contributed by atoms with Crippen LogP contribution in [0.4, 0.5) is 4.39 Å². The largest absolute Gasteiger partial charge is 0.423 e. The summed E-state index contributed by atoms with van der Waals surface area (Å²) in [6.45, 7) is 1.64. The number of ketones is 1. The van der Waals surface area contributed by atoms with Gasteiger partial charge >= 0.3 is 5.97 Å². The number of rotatable bonds is 5. The van der Waals surface area contributed by atoms with Crippen LogP contribution in [0.15, 0.2) is 51.8 Å². The molecule has 1 heterocycles. The average Bonchev–Trinajstić information content (AvgIpc) is 2.70. The number of piperidine rings is 1. The van der Waals surface area contributed by atoms with Gasteiger partial charge < -0.3 is 4.74 Å². The zero-order chi connectivity index (χ0) is 21.2. The summed E-state index contributed by atoms with van der Waals surface area (Å²) in [7, 11) is -3.77. The van der Waals surface area contributed by atoms with E-state index in [-0.39, 0.29) is 42.4 Å². The van der Waals surface area contributed by atoms with E-state index in [1.54, 1.807) is 12.1 Å². The number of hydrogen-bond acceptors (Lipinski definition) is 5. The lowest BCUT2D eigenvalue weighted by Gasteiger charge is -2.30. The van der Waals surface area contributed by atoms with E-state index in [0.29, 0.717) is 10.0 Å². The van der Waals surface area contributed by atoms with Gasteiger partial charge in [-0.05, 0) is 50.1 Å². The molecule has 1 aliphatic heterocycles. The van der Waals surface area contributed by atoms with Gasteiger partial charge in [0.15, 0.2) is 17.3 Å². The zero-order valence-electron chi connectivity index (χ0n) is 15.6. The predicted octanol–water partition coefficient (Wildman–Crippen LogP) is 3.80. The van der Waals surface area contributed by atoms with Gasteiger partial charge in [0.2, 0.25) is 10.0 Å². The van der Waals surface area contributed by atoms with Gasteiger partial charge in [-0.3, -0.25) is 9.59 Å². The summed E-state index contributed by atoms with van der Waals surface area (Å²) in [5, 5.41) is 0. The second-order valence-electron chi connectivity index (χ2n) is 6.76. The SMILES string of the molecule is CC(=O)c1cccc(S(=O)(=O)N2CCC(C(=O)Oc3ccc(Br)cc3F)CC2)c1. The van der Waals surface area contributed by atoms with Crippen LogP contribution in [0.1, 0.15) is 30.1 Å². The zero-order valence-corrected chi connectivity index (χ0v) is 18.0. The van der Waals surface area contributed by atoms with Gasteiger partial charge in [-0.15, -0.1) is 0 Å². The first-order chi connectivity index (χ1) is 13.7. The highest BCUT2D eigenvalue weighted by Gasteiger charge is 2.33. The van der Waals surface area contributed by atoms with E-state index in [0.717, 1.165) is 0 Å². The molecular formula is C20H19BrFNO5S. The van der Waals surface area contributed by atoms with E-state index in [4.69, 9.17) is 4.74 Å². The molecule has 0 N–H and O–H groups in total. The molecule has 1 aliphatic rings. The monoisotopic (exact) mass is 483 g/mol. The van der Waals surface area contributed by atoms with Crippen molar-refractivity contribution in [3.05, 3.63) is 58.3 Å². The van der Waals surface area contributed by atoms with Crippen LogP contribution in [0.25, 0.3) is 0 Å². The van der Waals surface area contributed by atoms with Crippen LogP contribution >= 0.6 is 15.9 Å². The van der Waals surface area contributed by atoms with Crippen LogP contribution in [0.5, 0.6) is 5.75 Å². The summed E-state index contributed by atoms with van der Waals surface area (Å²) in [5.41, 5.74) is 0.320. The molecule has 29 heavy (non-hydrogen) atoms. The molecule has 1 fully saturated rings. The Morgan fingerprint density at radius 2 is 1.83 bits per heavy atom. The Hall–Kier alpha value is -2.10. The fraction of sp³-hybridized carbons (Fsp3) is 0.300. The molecule has 0 aliphatic carbocycles. The molecule has 0 radical (unpaired) electrons. The van der Waals surface area contributed by atoms with E-state index in [1.165, 1.54) is 41.6 Å². The summed E-state index contributed by atoms with van der Waals surface area (Å²) in [6.07, 6.45) is 0.533. The van der Waals surface area contributed by atoms with Crippen molar-refractivity contribution in [2.45, 2.75) is 24.7 Å². The Balaban J connectivity index is 1.65. The Labute approximate surface area is 176 Å². The molecule has 0 bridgehead atoms. The fourth-order valence-electron chi connectivity index (χ4n) is 3.11. The molecule has 154 valence electrons. The van der Waals surface area contributed by atoms with Crippen molar-refractivity contribution in [2.24, 2.45) is 5.92 Å². The first-order valence-electron chi connectivity index (χ1n) is 8.96. The molecule has 0 amide bonds. The van der Waals surface area contributed by atoms with Crippen LogP contribution in [0, 0.1) is 11.7 Å². The van der Waals surface area contributed by atoms with E-state index >= 15 is 0 Å². The molecule has 0 aromatic heterocycles. The molecule has 9 heteroatoms. The van der Waals surface area contributed by atoms with Crippen LogP contribution in [-0.4, -0.2) is 37.6 Å². The maximum atomic E-state index is 13.9. The highest BCUT2D eigenvalue weighted by molar-refractivity contribution is 9.10. The van der Waals surface area contributed by atoms with Crippen molar-refractivity contribution in [1.29, 1.82) is 0 Å². The number of benzene rings is 2. The minimum absolute atomic E-state index is 0.0446. The fourth-order valence-corrected chi connectivity index (χ4v) is 4.96. The maximum absolute atomic E-state index is 13.9. The minimum Gasteiger partial charge on any atom is -0.423 e. The number of Topliss-reactive ketones (excluding diaryl/α,β-unsaturated/α-hetero) is 1. The Morgan fingerprint density at radius 1 is 1.14 bits per heavy atom. The molecular weight excluding hydrogens is 465 g/mol. The molecule has 3 rings (SSSR count). The van der Waals surface area contributed by atoms with E-state index < -0.39 is 27.7 Å². The number of hydrogen-bond donors (Lipinski definition) is 0. The standard InChI is InChI=1S/C20H19BrFNO5S/c1-13(24)15-3-2-4-17(11-15)29(26,27)23-9-7-14(8-10-23)20(25)28-19-6-5-16(21)12-18(19)22/h2-6,11-12,14H,7-10H2,1H3. The number of carbonyl (C=O) groups is 2.